The second kappa shape index (κ2) is 6.54. The van der Waals surface area contributed by atoms with E-state index < -0.39 is 11.8 Å². The number of amides is 2. The van der Waals surface area contributed by atoms with Crippen molar-refractivity contribution in [2.45, 2.75) is 12.8 Å². The van der Waals surface area contributed by atoms with Crippen LogP contribution in [0.5, 0.6) is 0 Å². The summed E-state index contributed by atoms with van der Waals surface area (Å²) in [4.78, 5) is 22.7. The molecule has 0 aliphatic heterocycles. The lowest BCUT2D eigenvalue weighted by atomic mass is 9.91. The molecule has 21 heavy (non-hydrogen) atoms. The molecule has 2 aromatic rings. The standard InChI is InChI=1S/C16H15BrN2O2/c17-14-7-6-11(10-4-2-1-3-5-10)12(8-15(18)20)13(14)9-16(19)21/h1-7H,8-9H2,(H2,18,20)(H2,19,21). The van der Waals surface area contributed by atoms with E-state index in [0.717, 1.165) is 21.2 Å². The molecule has 2 rings (SSSR count). The van der Waals surface area contributed by atoms with Crippen molar-refractivity contribution in [2.75, 3.05) is 0 Å². The lowest BCUT2D eigenvalue weighted by molar-refractivity contribution is -0.118. The van der Waals surface area contributed by atoms with Gasteiger partial charge in [-0.3, -0.25) is 9.59 Å². The summed E-state index contributed by atoms with van der Waals surface area (Å²) < 4.78 is 0.747. The molecule has 5 heteroatoms. The van der Waals surface area contributed by atoms with Gasteiger partial charge < -0.3 is 11.5 Å². The lowest BCUT2D eigenvalue weighted by Gasteiger charge is -2.15. The number of halogens is 1. The van der Waals surface area contributed by atoms with E-state index in [2.05, 4.69) is 15.9 Å². The van der Waals surface area contributed by atoms with Crippen LogP contribution in [-0.2, 0) is 22.4 Å². The van der Waals surface area contributed by atoms with Crippen LogP contribution in [0, 0.1) is 0 Å². The molecule has 0 aliphatic rings. The Morgan fingerprint density at radius 2 is 1.43 bits per heavy atom. The summed E-state index contributed by atoms with van der Waals surface area (Å²) in [6.45, 7) is 0. The van der Waals surface area contributed by atoms with Crippen molar-refractivity contribution < 1.29 is 9.59 Å². The number of hydrogen-bond acceptors (Lipinski definition) is 2. The molecule has 4 N–H and O–H groups in total. The molecule has 2 amide bonds. The smallest absolute Gasteiger partial charge is 0.221 e. The number of primary amides is 2. The number of carbonyl (C=O) groups is 2. The third kappa shape index (κ3) is 3.70. The Hall–Kier alpha value is -2.14. The molecule has 2 aromatic carbocycles. The van der Waals surface area contributed by atoms with Crippen LogP contribution in [0.15, 0.2) is 46.9 Å². The van der Waals surface area contributed by atoms with Gasteiger partial charge in [0.1, 0.15) is 0 Å². The van der Waals surface area contributed by atoms with Gasteiger partial charge >= 0.3 is 0 Å². The van der Waals surface area contributed by atoms with Gasteiger partial charge in [-0.2, -0.15) is 0 Å². The van der Waals surface area contributed by atoms with Crippen molar-refractivity contribution in [2.24, 2.45) is 11.5 Å². The Labute approximate surface area is 131 Å². The van der Waals surface area contributed by atoms with Crippen LogP contribution in [0.2, 0.25) is 0 Å². The summed E-state index contributed by atoms with van der Waals surface area (Å²) in [7, 11) is 0. The van der Waals surface area contributed by atoms with Crippen LogP contribution in [0.3, 0.4) is 0 Å². The van der Waals surface area contributed by atoms with E-state index in [-0.39, 0.29) is 12.8 Å². The third-order valence-electron chi connectivity index (χ3n) is 3.16. The topological polar surface area (TPSA) is 86.2 Å². The molecule has 0 bridgehead atoms. The summed E-state index contributed by atoms with van der Waals surface area (Å²) in [6.07, 6.45) is 0.121. The van der Waals surface area contributed by atoms with Crippen LogP contribution >= 0.6 is 15.9 Å². The summed E-state index contributed by atoms with van der Waals surface area (Å²) in [5.74, 6) is -0.900. The predicted molar refractivity (Wildman–Crippen MR) is 85.4 cm³/mol. The first kappa shape index (κ1) is 15.3. The fourth-order valence-electron chi connectivity index (χ4n) is 2.29. The molecule has 0 unspecified atom stereocenters. The molecule has 0 spiro atoms. The van der Waals surface area contributed by atoms with E-state index in [4.69, 9.17) is 11.5 Å². The maximum atomic E-state index is 11.4. The van der Waals surface area contributed by atoms with Crippen molar-refractivity contribution in [3.8, 4) is 11.1 Å². The Kier molecular flexibility index (Phi) is 4.75. The Bertz CT molecular complexity index is 684. The summed E-state index contributed by atoms with van der Waals surface area (Å²) in [5, 5.41) is 0. The van der Waals surface area contributed by atoms with Crippen molar-refractivity contribution in [1.29, 1.82) is 0 Å². The Morgan fingerprint density at radius 3 is 2.00 bits per heavy atom. The van der Waals surface area contributed by atoms with Gasteiger partial charge in [-0.15, -0.1) is 0 Å². The van der Waals surface area contributed by atoms with Gasteiger partial charge in [-0.05, 0) is 28.3 Å². The second-order valence-corrected chi connectivity index (χ2v) is 5.56. The van der Waals surface area contributed by atoms with Crippen molar-refractivity contribution in [3.63, 3.8) is 0 Å². The number of benzene rings is 2. The number of carbonyl (C=O) groups excluding carboxylic acids is 2. The van der Waals surface area contributed by atoms with Crippen LogP contribution in [-0.4, -0.2) is 11.8 Å². The Morgan fingerprint density at radius 1 is 0.857 bits per heavy atom. The SMILES string of the molecule is NC(=O)Cc1c(Br)ccc(-c2ccccc2)c1CC(N)=O. The molecule has 0 saturated carbocycles. The van der Waals surface area contributed by atoms with Crippen LogP contribution in [0.4, 0.5) is 0 Å². The van der Waals surface area contributed by atoms with Crippen LogP contribution < -0.4 is 11.5 Å². The van der Waals surface area contributed by atoms with Gasteiger partial charge in [0.15, 0.2) is 0 Å². The predicted octanol–water partition coefficient (Wildman–Crippen LogP) is 2.17. The summed E-state index contributed by atoms with van der Waals surface area (Å²) in [6, 6.07) is 13.4. The van der Waals surface area contributed by atoms with Crippen molar-refractivity contribution >= 4 is 27.7 Å². The van der Waals surface area contributed by atoms with Gasteiger partial charge in [0.05, 0.1) is 12.8 Å². The molecule has 0 atom stereocenters. The largest absolute Gasteiger partial charge is 0.369 e. The van der Waals surface area contributed by atoms with Gasteiger partial charge in [0, 0.05) is 4.47 Å². The molecule has 0 fully saturated rings. The summed E-state index contributed by atoms with van der Waals surface area (Å²) in [5.41, 5.74) is 14.0. The molecule has 4 nitrogen and oxygen atoms in total. The fraction of sp³-hybridized carbons (Fsp3) is 0.125. The molecule has 0 saturated heterocycles. The molecule has 0 aliphatic carbocycles. The summed E-state index contributed by atoms with van der Waals surface area (Å²) >= 11 is 3.41. The van der Waals surface area contributed by atoms with E-state index >= 15 is 0 Å². The molecular formula is C16H15BrN2O2. The highest BCUT2D eigenvalue weighted by Gasteiger charge is 2.16. The number of nitrogens with two attached hydrogens (primary N) is 2. The van der Waals surface area contributed by atoms with Crippen LogP contribution in [0.1, 0.15) is 11.1 Å². The minimum absolute atomic E-state index is 0.0594. The normalized spacial score (nSPS) is 10.3. The van der Waals surface area contributed by atoms with Crippen molar-refractivity contribution in [3.05, 3.63) is 58.1 Å². The molecule has 108 valence electrons. The Balaban J connectivity index is 2.64. The first-order valence-electron chi connectivity index (χ1n) is 6.41. The van der Waals surface area contributed by atoms with Gasteiger partial charge in [0.25, 0.3) is 0 Å². The average molecular weight is 347 g/mol. The van der Waals surface area contributed by atoms with Gasteiger partial charge in [-0.1, -0.05) is 52.3 Å². The first-order chi connectivity index (χ1) is 9.99. The van der Waals surface area contributed by atoms with E-state index in [0.29, 0.717) is 5.56 Å². The second-order valence-electron chi connectivity index (χ2n) is 4.70. The van der Waals surface area contributed by atoms with Crippen LogP contribution in [0.25, 0.3) is 11.1 Å². The molecule has 0 aromatic heterocycles. The molecular weight excluding hydrogens is 332 g/mol. The monoisotopic (exact) mass is 346 g/mol. The maximum absolute atomic E-state index is 11.4. The van der Waals surface area contributed by atoms with Crippen molar-refractivity contribution in [1.82, 2.24) is 0 Å². The fourth-order valence-corrected chi connectivity index (χ4v) is 2.81. The minimum atomic E-state index is -0.452. The lowest BCUT2D eigenvalue weighted by Crippen LogP contribution is -2.19. The van der Waals surface area contributed by atoms with Gasteiger partial charge in [0.2, 0.25) is 11.8 Å². The zero-order valence-electron chi connectivity index (χ0n) is 11.3. The highest BCUT2D eigenvalue weighted by atomic mass is 79.9. The van der Waals surface area contributed by atoms with E-state index in [1.165, 1.54) is 0 Å². The average Bonchev–Trinajstić information content (AvgIpc) is 2.43. The van der Waals surface area contributed by atoms with Gasteiger partial charge in [-0.25, -0.2) is 0 Å². The van der Waals surface area contributed by atoms with E-state index in [1.807, 2.05) is 42.5 Å². The first-order valence-corrected chi connectivity index (χ1v) is 7.20. The number of hydrogen-bond donors (Lipinski definition) is 2. The maximum Gasteiger partial charge on any atom is 0.221 e. The zero-order chi connectivity index (χ0) is 15.4. The van der Waals surface area contributed by atoms with E-state index in [9.17, 15) is 9.59 Å². The minimum Gasteiger partial charge on any atom is -0.369 e. The van der Waals surface area contributed by atoms with E-state index in [1.54, 1.807) is 0 Å². The number of rotatable bonds is 5. The highest BCUT2D eigenvalue weighted by Crippen LogP contribution is 2.31. The highest BCUT2D eigenvalue weighted by molar-refractivity contribution is 9.10. The zero-order valence-corrected chi connectivity index (χ0v) is 12.9. The quantitative estimate of drug-likeness (QED) is 0.869. The molecule has 0 heterocycles. The molecule has 0 radical (unpaired) electrons. The third-order valence-corrected chi connectivity index (χ3v) is 3.90.